The van der Waals surface area contributed by atoms with Gasteiger partial charge in [0.2, 0.25) is 0 Å². The molecule has 0 bridgehead atoms. The van der Waals surface area contributed by atoms with Crippen LogP contribution in [-0.4, -0.2) is 69.7 Å². The van der Waals surface area contributed by atoms with Gasteiger partial charge in [0.1, 0.15) is 12.3 Å². The number of carboxylic acid groups (broad SMARTS) is 1. The molecule has 1 amide bonds. The first-order valence-corrected chi connectivity index (χ1v) is 12.3. The smallest absolute Gasteiger partial charge is 0.417 e. The second kappa shape index (κ2) is 11.2. The standard InChI is InChI=1S/C25H29F5N4O3/c26-19-13-33(14-20(19)27)10-9-15(11-23(35)36)31-24(37)21-12-22(34(32-21)16-5-1-2-6-16)17-7-3-4-8-18(17)25(28,29)30/h3-4,7-8,12,15-16,19-20H,1-2,5-6,9-11,13-14H2,(H,31,37)(H,35,36)/t15-,19+,20+/m0/s1. The van der Waals surface area contributed by atoms with Crippen LogP contribution in [0.15, 0.2) is 30.3 Å². The van der Waals surface area contributed by atoms with Crippen molar-refractivity contribution in [3.8, 4) is 11.3 Å². The van der Waals surface area contributed by atoms with Gasteiger partial charge in [0, 0.05) is 31.2 Å². The number of carboxylic acids is 1. The Kier molecular flexibility index (Phi) is 8.15. The Morgan fingerprint density at radius 1 is 1.11 bits per heavy atom. The summed E-state index contributed by atoms with van der Waals surface area (Å²) in [6.07, 6.45) is -4.90. The van der Waals surface area contributed by atoms with Gasteiger partial charge in [-0.1, -0.05) is 31.0 Å². The van der Waals surface area contributed by atoms with Crippen LogP contribution in [0.5, 0.6) is 0 Å². The largest absolute Gasteiger partial charge is 0.481 e. The number of amides is 1. The van der Waals surface area contributed by atoms with Crippen molar-refractivity contribution >= 4 is 11.9 Å². The molecular weight excluding hydrogens is 499 g/mol. The number of aromatic nitrogens is 2. The molecule has 7 nitrogen and oxygen atoms in total. The molecule has 1 aromatic heterocycles. The van der Waals surface area contributed by atoms with Crippen molar-refractivity contribution < 1.29 is 36.6 Å². The van der Waals surface area contributed by atoms with E-state index in [1.165, 1.54) is 33.8 Å². The van der Waals surface area contributed by atoms with Gasteiger partial charge in [-0.05, 0) is 31.4 Å². The van der Waals surface area contributed by atoms with Crippen LogP contribution in [0.2, 0.25) is 0 Å². The second-order valence-corrected chi connectivity index (χ2v) is 9.69. The predicted octanol–water partition coefficient (Wildman–Crippen LogP) is 4.64. The third-order valence-corrected chi connectivity index (χ3v) is 6.96. The number of alkyl halides is 5. The van der Waals surface area contributed by atoms with Gasteiger partial charge in [0.15, 0.2) is 5.69 Å². The number of carbonyl (C=O) groups excluding carboxylic acids is 1. The summed E-state index contributed by atoms with van der Waals surface area (Å²) in [4.78, 5) is 26.0. The van der Waals surface area contributed by atoms with Crippen LogP contribution >= 0.6 is 0 Å². The summed E-state index contributed by atoms with van der Waals surface area (Å²) < 4.78 is 69.7. The average molecular weight is 529 g/mol. The van der Waals surface area contributed by atoms with Crippen LogP contribution in [0.1, 0.15) is 60.6 Å². The molecule has 12 heteroatoms. The number of aliphatic carboxylic acids is 1. The highest BCUT2D eigenvalue weighted by Gasteiger charge is 2.36. The molecule has 4 rings (SSSR count). The van der Waals surface area contributed by atoms with Gasteiger partial charge in [0.05, 0.1) is 23.7 Å². The number of hydrogen-bond donors (Lipinski definition) is 2. The SMILES string of the molecule is O=C(O)C[C@H](CCN1C[C@@H](F)[C@H](F)C1)NC(=O)c1cc(-c2ccccc2C(F)(F)F)n(C2CCCC2)n1. The lowest BCUT2D eigenvalue weighted by molar-refractivity contribution is -0.138. The van der Waals surface area contributed by atoms with Crippen LogP contribution in [0, 0.1) is 0 Å². The van der Waals surface area contributed by atoms with Crippen molar-refractivity contribution in [2.24, 2.45) is 0 Å². The van der Waals surface area contributed by atoms with Gasteiger partial charge in [-0.25, -0.2) is 8.78 Å². The first-order valence-electron chi connectivity index (χ1n) is 12.3. The van der Waals surface area contributed by atoms with Gasteiger partial charge in [-0.3, -0.25) is 19.2 Å². The van der Waals surface area contributed by atoms with Crippen LogP contribution in [0.4, 0.5) is 22.0 Å². The highest BCUT2D eigenvalue weighted by molar-refractivity contribution is 5.94. The van der Waals surface area contributed by atoms with Gasteiger partial charge in [-0.2, -0.15) is 18.3 Å². The molecule has 37 heavy (non-hydrogen) atoms. The van der Waals surface area contributed by atoms with E-state index in [0.717, 1.165) is 18.9 Å². The molecule has 2 fully saturated rings. The zero-order chi connectivity index (χ0) is 26.7. The topological polar surface area (TPSA) is 87.5 Å². The van der Waals surface area contributed by atoms with E-state index in [0.29, 0.717) is 12.8 Å². The summed E-state index contributed by atoms with van der Waals surface area (Å²) in [5.41, 5.74) is -0.887. The minimum absolute atomic E-state index is 0.0916. The lowest BCUT2D eigenvalue weighted by atomic mass is 10.0. The number of nitrogens with one attached hydrogen (secondary N) is 1. The number of likely N-dealkylation sites (tertiary alicyclic amines) is 1. The summed E-state index contributed by atoms with van der Waals surface area (Å²) in [5, 5.41) is 16.2. The van der Waals surface area contributed by atoms with Crippen molar-refractivity contribution in [3.63, 3.8) is 0 Å². The molecule has 2 N–H and O–H groups in total. The maximum atomic E-state index is 13.7. The molecule has 0 spiro atoms. The molecule has 2 aliphatic rings. The Bertz CT molecular complexity index is 1110. The minimum Gasteiger partial charge on any atom is -0.481 e. The van der Waals surface area contributed by atoms with E-state index in [-0.39, 0.29) is 49.0 Å². The van der Waals surface area contributed by atoms with Gasteiger partial charge in [-0.15, -0.1) is 0 Å². The minimum atomic E-state index is -4.61. The Hall–Kier alpha value is -3.02. The molecular formula is C25H29F5N4O3. The van der Waals surface area contributed by atoms with E-state index in [1.807, 2.05) is 0 Å². The first kappa shape index (κ1) is 27.0. The maximum absolute atomic E-state index is 13.7. The molecule has 202 valence electrons. The zero-order valence-electron chi connectivity index (χ0n) is 20.1. The molecule has 0 radical (unpaired) electrons. The number of hydrogen-bond acceptors (Lipinski definition) is 4. The third kappa shape index (κ3) is 6.46. The molecule has 1 aliphatic heterocycles. The number of rotatable bonds is 9. The van der Waals surface area contributed by atoms with Crippen molar-refractivity contribution in [2.75, 3.05) is 19.6 Å². The zero-order valence-corrected chi connectivity index (χ0v) is 20.1. The summed E-state index contributed by atoms with van der Waals surface area (Å²) >= 11 is 0. The Balaban J connectivity index is 1.58. The summed E-state index contributed by atoms with van der Waals surface area (Å²) in [5.74, 6) is -1.89. The van der Waals surface area contributed by atoms with E-state index >= 15 is 0 Å². The summed E-state index contributed by atoms with van der Waals surface area (Å²) in [6, 6.07) is 5.39. The number of benzene rings is 1. The van der Waals surface area contributed by atoms with Gasteiger partial charge in [0.25, 0.3) is 5.91 Å². The molecule has 1 saturated carbocycles. The quantitative estimate of drug-likeness (QED) is 0.463. The van der Waals surface area contributed by atoms with Crippen molar-refractivity contribution in [3.05, 3.63) is 41.6 Å². The van der Waals surface area contributed by atoms with E-state index in [4.69, 9.17) is 0 Å². The van der Waals surface area contributed by atoms with Crippen LogP contribution < -0.4 is 5.32 Å². The van der Waals surface area contributed by atoms with Crippen LogP contribution in [0.3, 0.4) is 0 Å². The lowest BCUT2D eigenvalue weighted by Crippen LogP contribution is -2.39. The highest BCUT2D eigenvalue weighted by atomic mass is 19.4. The molecule has 2 aromatic rings. The van der Waals surface area contributed by atoms with E-state index in [2.05, 4.69) is 10.4 Å². The van der Waals surface area contributed by atoms with Crippen molar-refractivity contribution in [1.82, 2.24) is 20.0 Å². The van der Waals surface area contributed by atoms with Crippen molar-refractivity contribution in [1.29, 1.82) is 0 Å². The number of carbonyl (C=O) groups is 2. The predicted molar refractivity (Wildman–Crippen MR) is 125 cm³/mol. The van der Waals surface area contributed by atoms with E-state index in [9.17, 15) is 36.6 Å². The molecule has 1 aromatic carbocycles. The van der Waals surface area contributed by atoms with Gasteiger partial charge >= 0.3 is 12.1 Å². The average Bonchev–Trinajstić information content (AvgIpc) is 3.57. The fourth-order valence-corrected chi connectivity index (χ4v) is 5.10. The van der Waals surface area contributed by atoms with Crippen LogP contribution in [0.25, 0.3) is 11.3 Å². The molecule has 1 saturated heterocycles. The first-order chi connectivity index (χ1) is 17.5. The third-order valence-electron chi connectivity index (χ3n) is 6.96. The summed E-state index contributed by atoms with van der Waals surface area (Å²) in [7, 11) is 0. The second-order valence-electron chi connectivity index (χ2n) is 9.69. The fraction of sp³-hybridized carbons (Fsp3) is 0.560. The highest BCUT2D eigenvalue weighted by Crippen LogP contribution is 2.40. The molecule has 3 atom stereocenters. The monoisotopic (exact) mass is 528 g/mol. The van der Waals surface area contributed by atoms with Crippen LogP contribution in [-0.2, 0) is 11.0 Å². The Morgan fingerprint density at radius 2 is 1.76 bits per heavy atom. The van der Waals surface area contributed by atoms with Gasteiger partial charge < -0.3 is 10.4 Å². The van der Waals surface area contributed by atoms with E-state index < -0.39 is 48.4 Å². The molecule has 0 unspecified atom stereocenters. The van der Waals surface area contributed by atoms with Crippen molar-refractivity contribution in [2.45, 2.75) is 69.1 Å². The lowest BCUT2D eigenvalue weighted by Gasteiger charge is -2.20. The number of halogens is 5. The normalized spacial score (nSPS) is 21.9. The Labute approximate surface area is 210 Å². The Morgan fingerprint density at radius 3 is 2.38 bits per heavy atom. The fourth-order valence-electron chi connectivity index (χ4n) is 5.10. The summed E-state index contributed by atoms with van der Waals surface area (Å²) in [6.45, 7) is -0.0366. The number of nitrogens with zero attached hydrogens (tertiary/aromatic N) is 3. The van der Waals surface area contributed by atoms with E-state index in [1.54, 1.807) is 0 Å². The maximum Gasteiger partial charge on any atom is 0.417 e. The molecule has 2 heterocycles. The molecule has 1 aliphatic carbocycles.